The van der Waals surface area contributed by atoms with Crippen molar-refractivity contribution < 1.29 is 4.74 Å². The number of benzene rings is 1. The minimum absolute atomic E-state index is 0.726. The highest BCUT2D eigenvalue weighted by Gasteiger charge is 2.07. The van der Waals surface area contributed by atoms with Crippen LogP contribution in [0, 0.1) is 0 Å². The normalized spacial score (nSPS) is 10.6. The highest BCUT2D eigenvalue weighted by atomic mass is 16.5. The molecule has 0 aliphatic carbocycles. The lowest BCUT2D eigenvalue weighted by Crippen LogP contribution is -1.89. The van der Waals surface area contributed by atoms with Crippen molar-refractivity contribution in [1.29, 1.82) is 0 Å². The summed E-state index contributed by atoms with van der Waals surface area (Å²) in [5, 5.41) is 5.19. The number of nitrogens with two attached hydrogens (primary N) is 1. The van der Waals surface area contributed by atoms with Crippen LogP contribution >= 0.6 is 0 Å². The van der Waals surface area contributed by atoms with Gasteiger partial charge >= 0.3 is 0 Å². The standard InChI is InChI=1S/C9H11N3O/c1-12-5-6-7(10)3-4-8(13-2)9(6)11-12/h3-5H,10H2,1-2H3. The molecule has 0 aliphatic heterocycles. The third-order valence-corrected chi connectivity index (χ3v) is 2.01. The van der Waals surface area contributed by atoms with E-state index < -0.39 is 0 Å². The van der Waals surface area contributed by atoms with Gasteiger partial charge in [-0.05, 0) is 12.1 Å². The van der Waals surface area contributed by atoms with Crippen LogP contribution in [0.15, 0.2) is 18.3 Å². The van der Waals surface area contributed by atoms with Crippen LogP contribution in [-0.4, -0.2) is 16.9 Å². The second-order valence-electron chi connectivity index (χ2n) is 2.92. The smallest absolute Gasteiger partial charge is 0.147 e. The van der Waals surface area contributed by atoms with Gasteiger partial charge in [0.2, 0.25) is 0 Å². The molecule has 0 saturated carbocycles. The maximum absolute atomic E-state index is 5.78. The van der Waals surface area contributed by atoms with Crippen molar-refractivity contribution in [3.05, 3.63) is 18.3 Å². The van der Waals surface area contributed by atoms with Gasteiger partial charge in [0.1, 0.15) is 11.3 Å². The Bertz CT molecular complexity index is 447. The van der Waals surface area contributed by atoms with Gasteiger partial charge in [0, 0.05) is 24.3 Å². The maximum atomic E-state index is 5.78. The minimum atomic E-state index is 0.726. The number of methoxy groups -OCH3 is 1. The lowest BCUT2D eigenvalue weighted by molar-refractivity contribution is 0.418. The quantitative estimate of drug-likeness (QED) is 0.665. The Kier molecular flexibility index (Phi) is 1.62. The number of aromatic nitrogens is 2. The van der Waals surface area contributed by atoms with Crippen LogP contribution in [0.4, 0.5) is 5.69 Å². The molecule has 2 N–H and O–H groups in total. The first-order valence-electron chi connectivity index (χ1n) is 3.98. The van der Waals surface area contributed by atoms with Crippen molar-refractivity contribution in [1.82, 2.24) is 9.78 Å². The molecular weight excluding hydrogens is 166 g/mol. The van der Waals surface area contributed by atoms with E-state index in [-0.39, 0.29) is 0 Å². The molecule has 0 radical (unpaired) electrons. The first-order chi connectivity index (χ1) is 6.22. The number of nitrogen functional groups attached to an aromatic ring is 1. The van der Waals surface area contributed by atoms with Crippen molar-refractivity contribution in [3.63, 3.8) is 0 Å². The van der Waals surface area contributed by atoms with Gasteiger partial charge in [-0.2, -0.15) is 5.10 Å². The van der Waals surface area contributed by atoms with Crippen LogP contribution < -0.4 is 10.5 Å². The number of fused-ring (bicyclic) bond motifs is 1. The molecule has 4 nitrogen and oxygen atoms in total. The van der Waals surface area contributed by atoms with Gasteiger partial charge in [-0.3, -0.25) is 4.68 Å². The maximum Gasteiger partial charge on any atom is 0.147 e. The Morgan fingerprint density at radius 3 is 2.92 bits per heavy atom. The lowest BCUT2D eigenvalue weighted by atomic mass is 10.2. The Balaban J connectivity index is 2.83. The van der Waals surface area contributed by atoms with E-state index in [1.165, 1.54) is 0 Å². The molecule has 0 bridgehead atoms. The summed E-state index contributed by atoms with van der Waals surface area (Å²) in [6.07, 6.45) is 1.88. The van der Waals surface area contributed by atoms with Gasteiger partial charge in [-0.15, -0.1) is 0 Å². The Morgan fingerprint density at radius 1 is 1.46 bits per heavy atom. The van der Waals surface area contributed by atoms with Gasteiger partial charge in [0.25, 0.3) is 0 Å². The second-order valence-corrected chi connectivity index (χ2v) is 2.92. The van der Waals surface area contributed by atoms with Crippen LogP contribution in [-0.2, 0) is 7.05 Å². The molecule has 2 aromatic rings. The Morgan fingerprint density at radius 2 is 2.23 bits per heavy atom. The molecule has 0 atom stereocenters. The Labute approximate surface area is 75.9 Å². The molecule has 0 saturated heterocycles. The molecule has 0 aliphatic rings. The highest BCUT2D eigenvalue weighted by Crippen LogP contribution is 2.28. The van der Waals surface area contributed by atoms with Crippen LogP contribution in [0.2, 0.25) is 0 Å². The van der Waals surface area contributed by atoms with E-state index in [9.17, 15) is 0 Å². The first-order valence-corrected chi connectivity index (χ1v) is 3.98. The van der Waals surface area contributed by atoms with Crippen LogP contribution in [0.5, 0.6) is 5.75 Å². The van der Waals surface area contributed by atoms with Gasteiger partial charge in [-0.25, -0.2) is 0 Å². The Hall–Kier alpha value is -1.71. The third kappa shape index (κ3) is 1.11. The van der Waals surface area contributed by atoms with Crippen molar-refractivity contribution in [2.75, 3.05) is 12.8 Å². The molecule has 13 heavy (non-hydrogen) atoms. The molecule has 4 heteroatoms. The molecule has 2 rings (SSSR count). The van der Waals surface area contributed by atoms with Gasteiger partial charge in [0.15, 0.2) is 0 Å². The summed E-state index contributed by atoms with van der Waals surface area (Å²) in [6, 6.07) is 3.65. The largest absolute Gasteiger partial charge is 0.494 e. The molecule has 0 spiro atoms. The van der Waals surface area contributed by atoms with E-state index in [1.807, 2.05) is 25.4 Å². The van der Waals surface area contributed by atoms with Gasteiger partial charge < -0.3 is 10.5 Å². The van der Waals surface area contributed by atoms with E-state index in [4.69, 9.17) is 10.5 Å². The summed E-state index contributed by atoms with van der Waals surface area (Å²) in [7, 11) is 3.48. The molecule has 1 aromatic heterocycles. The SMILES string of the molecule is COc1ccc(N)c2cn(C)nc12. The minimum Gasteiger partial charge on any atom is -0.494 e. The van der Waals surface area contributed by atoms with Crippen LogP contribution in [0.25, 0.3) is 10.9 Å². The van der Waals surface area contributed by atoms with Gasteiger partial charge in [-0.1, -0.05) is 0 Å². The number of ether oxygens (including phenoxy) is 1. The number of nitrogens with zero attached hydrogens (tertiary/aromatic N) is 2. The lowest BCUT2D eigenvalue weighted by Gasteiger charge is -2.00. The number of hydrogen-bond donors (Lipinski definition) is 1. The molecule has 0 amide bonds. The van der Waals surface area contributed by atoms with Crippen LogP contribution in [0.3, 0.4) is 0 Å². The fraction of sp³-hybridized carbons (Fsp3) is 0.222. The monoisotopic (exact) mass is 177 g/mol. The summed E-state index contributed by atoms with van der Waals surface area (Å²) in [5.41, 5.74) is 7.32. The predicted octanol–water partition coefficient (Wildman–Crippen LogP) is 1.16. The van der Waals surface area contributed by atoms with E-state index >= 15 is 0 Å². The van der Waals surface area contributed by atoms with Crippen LogP contribution in [0.1, 0.15) is 0 Å². The number of rotatable bonds is 1. The zero-order valence-electron chi connectivity index (χ0n) is 7.61. The number of aryl methyl sites for hydroxylation is 1. The molecule has 0 unspecified atom stereocenters. The molecule has 68 valence electrons. The fourth-order valence-electron chi connectivity index (χ4n) is 1.38. The van der Waals surface area contributed by atoms with Crippen molar-refractivity contribution >= 4 is 16.6 Å². The summed E-state index contributed by atoms with van der Waals surface area (Å²) >= 11 is 0. The molecule has 1 heterocycles. The third-order valence-electron chi connectivity index (χ3n) is 2.01. The summed E-state index contributed by atoms with van der Waals surface area (Å²) in [6.45, 7) is 0. The first kappa shape index (κ1) is 7.91. The van der Waals surface area contributed by atoms with Gasteiger partial charge in [0.05, 0.1) is 7.11 Å². The molecular formula is C9H11N3O. The average molecular weight is 177 g/mol. The summed E-state index contributed by atoms with van der Waals surface area (Å²) < 4.78 is 6.89. The van der Waals surface area contributed by atoms with E-state index in [0.29, 0.717) is 0 Å². The highest BCUT2D eigenvalue weighted by molar-refractivity contribution is 5.93. The van der Waals surface area contributed by atoms with Crippen molar-refractivity contribution in [2.45, 2.75) is 0 Å². The summed E-state index contributed by atoms with van der Waals surface area (Å²) in [4.78, 5) is 0. The molecule has 0 fully saturated rings. The predicted molar refractivity (Wildman–Crippen MR) is 51.7 cm³/mol. The van der Waals surface area contributed by atoms with E-state index in [1.54, 1.807) is 11.8 Å². The fourth-order valence-corrected chi connectivity index (χ4v) is 1.38. The summed E-state index contributed by atoms with van der Waals surface area (Å²) in [5.74, 6) is 0.754. The molecule has 1 aromatic carbocycles. The van der Waals surface area contributed by atoms with E-state index in [2.05, 4.69) is 5.10 Å². The number of hydrogen-bond acceptors (Lipinski definition) is 3. The van der Waals surface area contributed by atoms with E-state index in [0.717, 1.165) is 22.3 Å². The average Bonchev–Trinajstić information content (AvgIpc) is 2.48. The van der Waals surface area contributed by atoms with Crippen molar-refractivity contribution in [2.24, 2.45) is 7.05 Å². The zero-order chi connectivity index (χ0) is 9.42. The zero-order valence-corrected chi connectivity index (χ0v) is 7.61. The van der Waals surface area contributed by atoms with Crippen molar-refractivity contribution in [3.8, 4) is 5.75 Å². The topological polar surface area (TPSA) is 53.1 Å². The number of anilines is 1. The second kappa shape index (κ2) is 2.65.